The van der Waals surface area contributed by atoms with Crippen LogP contribution in [0.2, 0.25) is 0 Å². The second-order valence-corrected chi connectivity index (χ2v) is 7.05. The van der Waals surface area contributed by atoms with Crippen LogP contribution in [0.15, 0.2) is 30.3 Å². The van der Waals surface area contributed by atoms with E-state index in [9.17, 15) is 4.57 Å². The summed E-state index contributed by atoms with van der Waals surface area (Å²) in [4.78, 5) is 0. The molecule has 16 heavy (non-hydrogen) atoms. The van der Waals surface area contributed by atoms with Gasteiger partial charge in [0.2, 0.25) is 0 Å². The lowest BCUT2D eigenvalue weighted by Crippen LogP contribution is -2.19. The van der Waals surface area contributed by atoms with Gasteiger partial charge in [-0.3, -0.25) is 4.57 Å². The minimum absolute atomic E-state index is 0.242. The van der Waals surface area contributed by atoms with Gasteiger partial charge in [0, 0.05) is 6.66 Å². The highest BCUT2D eigenvalue weighted by Gasteiger charge is 2.18. The second-order valence-electron chi connectivity index (χ2n) is 3.51. The third kappa shape index (κ3) is 5.55. The molecule has 5 heteroatoms. The zero-order valence-electron chi connectivity index (χ0n) is 9.43. The summed E-state index contributed by atoms with van der Waals surface area (Å²) in [5.74, 6) is 0.769. The lowest BCUT2D eigenvalue weighted by Gasteiger charge is -2.18. The molecule has 90 valence electrons. The molecule has 1 rings (SSSR count). The Morgan fingerprint density at radius 2 is 2.00 bits per heavy atom. The molecule has 1 aromatic carbocycles. The molecule has 0 heterocycles. The van der Waals surface area contributed by atoms with Crippen LogP contribution in [0.5, 0.6) is 5.75 Å². The molecule has 0 aliphatic carbocycles. The van der Waals surface area contributed by atoms with Gasteiger partial charge in [0.25, 0.3) is 6.72 Å². The fraction of sp³-hybridized carbons (Fsp3) is 0.455. The fourth-order valence-electron chi connectivity index (χ4n) is 1.19. The Kier molecular flexibility index (Phi) is 5.33. The summed E-state index contributed by atoms with van der Waals surface area (Å²) in [5, 5.41) is 0. The van der Waals surface area contributed by atoms with E-state index >= 15 is 0 Å². The van der Waals surface area contributed by atoms with Crippen LogP contribution in [-0.2, 0) is 9.09 Å². The van der Waals surface area contributed by atoms with Gasteiger partial charge in [0.05, 0.1) is 6.10 Å². The Morgan fingerprint density at radius 3 is 2.50 bits per heavy atom. The Morgan fingerprint density at radius 1 is 1.38 bits per heavy atom. The average Bonchev–Trinajstić information content (AvgIpc) is 2.24. The summed E-state index contributed by atoms with van der Waals surface area (Å²) in [6.07, 6.45) is 0.464. The van der Waals surface area contributed by atoms with E-state index in [0.717, 1.165) is 5.75 Å². The van der Waals surface area contributed by atoms with Crippen molar-refractivity contribution >= 4 is 18.0 Å². The molecule has 0 aliphatic rings. The zero-order valence-corrected chi connectivity index (χ0v) is 11.1. The molecule has 0 spiro atoms. The third-order valence-electron chi connectivity index (χ3n) is 1.97. The van der Waals surface area contributed by atoms with Crippen molar-refractivity contribution < 1.29 is 13.8 Å². The van der Waals surface area contributed by atoms with Crippen molar-refractivity contribution in [1.82, 2.24) is 0 Å². The average molecular weight is 263 g/mol. The van der Waals surface area contributed by atoms with E-state index in [-0.39, 0.29) is 6.10 Å². The Labute approximate surface area is 101 Å². The number of benzene rings is 1. The maximum absolute atomic E-state index is 11.3. The summed E-state index contributed by atoms with van der Waals surface area (Å²) in [7, 11) is 0. The fourth-order valence-corrected chi connectivity index (χ4v) is 2.28. The highest BCUT2D eigenvalue weighted by Crippen LogP contribution is 2.49. The van der Waals surface area contributed by atoms with Crippen LogP contribution in [0.1, 0.15) is 13.3 Å². The Bertz CT molecular complexity index is 350. The molecule has 0 aromatic heterocycles. The summed E-state index contributed by atoms with van der Waals surface area (Å²) in [5.41, 5.74) is 0. The first-order chi connectivity index (χ1) is 7.51. The first kappa shape index (κ1) is 13.6. The molecule has 1 aromatic rings. The van der Waals surface area contributed by atoms with Gasteiger partial charge in [-0.15, -0.1) is 0 Å². The van der Waals surface area contributed by atoms with Crippen molar-refractivity contribution in [1.29, 1.82) is 0 Å². The summed E-state index contributed by atoms with van der Waals surface area (Å²) in [6.45, 7) is 0.710. The maximum atomic E-state index is 11.3. The summed E-state index contributed by atoms with van der Waals surface area (Å²) >= 11 is 5.57. The van der Waals surface area contributed by atoms with Crippen molar-refractivity contribution in [3.05, 3.63) is 30.3 Å². The van der Waals surface area contributed by atoms with Crippen LogP contribution in [0, 0.1) is 0 Å². The highest BCUT2D eigenvalue weighted by atomic mass is 35.7. The van der Waals surface area contributed by atoms with Gasteiger partial charge >= 0.3 is 0 Å². The molecule has 3 nitrogen and oxygen atoms in total. The van der Waals surface area contributed by atoms with Crippen LogP contribution < -0.4 is 4.74 Å². The molecule has 0 amide bonds. The minimum Gasteiger partial charge on any atom is -0.491 e. The predicted octanol–water partition coefficient (Wildman–Crippen LogP) is 3.92. The molecule has 0 fully saturated rings. The lowest BCUT2D eigenvalue weighted by atomic mass is 10.3. The van der Waals surface area contributed by atoms with Crippen molar-refractivity contribution in [2.45, 2.75) is 19.4 Å². The molecule has 0 radical (unpaired) electrons. The zero-order chi connectivity index (χ0) is 12.0. The van der Waals surface area contributed by atoms with Crippen LogP contribution in [0.4, 0.5) is 0 Å². The minimum atomic E-state index is -2.97. The summed E-state index contributed by atoms with van der Waals surface area (Å²) < 4.78 is 22.0. The van der Waals surface area contributed by atoms with Crippen LogP contribution in [-0.4, -0.2) is 19.4 Å². The SMILES string of the molecule is CC[C@H](COc1ccccc1)O[P@@](C)(=O)Cl. The number of para-hydroxylation sites is 1. The van der Waals surface area contributed by atoms with E-state index < -0.39 is 6.72 Å². The van der Waals surface area contributed by atoms with Gasteiger partial charge in [0.1, 0.15) is 12.4 Å². The number of rotatable bonds is 6. The number of hydrogen-bond acceptors (Lipinski definition) is 3. The Hall–Kier alpha value is -0.500. The molecule has 0 saturated heterocycles. The van der Waals surface area contributed by atoms with E-state index in [1.165, 1.54) is 6.66 Å². The molecule has 0 unspecified atom stereocenters. The quantitative estimate of drug-likeness (QED) is 0.729. The largest absolute Gasteiger partial charge is 0.491 e. The van der Waals surface area contributed by atoms with Crippen molar-refractivity contribution in [3.8, 4) is 5.75 Å². The molecular formula is C11H16ClO3P. The highest BCUT2D eigenvalue weighted by molar-refractivity contribution is 7.84. The number of halogens is 1. The summed E-state index contributed by atoms with van der Waals surface area (Å²) in [6, 6.07) is 9.42. The van der Waals surface area contributed by atoms with Gasteiger partial charge < -0.3 is 9.26 Å². The third-order valence-corrected chi connectivity index (χ3v) is 2.89. The van der Waals surface area contributed by atoms with Crippen molar-refractivity contribution in [2.24, 2.45) is 0 Å². The van der Waals surface area contributed by atoms with E-state index in [0.29, 0.717) is 13.0 Å². The number of ether oxygens (including phenoxy) is 1. The van der Waals surface area contributed by atoms with Crippen LogP contribution >= 0.6 is 18.0 Å². The van der Waals surface area contributed by atoms with Crippen molar-refractivity contribution in [2.75, 3.05) is 13.3 Å². The van der Waals surface area contributed by atoms with Gasteiger partial charge in [-0.05, 0) is 29.8 Å². The van der Waals surface area contributed by atoms with Gasteiger partial charge in [-0.1, -0.05) is 25.1 Å². The maximum Gasteiger partial charge on any atom is 0.287 e. The van der Waals surface area contributed by atoms with Gasteiger partial charge in [-0.2, -0.15) is 0 Å². The lowest BCUT2D eigenvalue weighted by molar-refractivity contribution is 0.132. The van der Waals surface area contributed by atoms with E-state index in [1.54, 1.807) is 0 Å². The molecule has 0 saturated carbocycles. The van der Waals surface area contributed by atoms with Crippen LogP contribution in [0.25, 0.3) is 0 Å². The smallest absolute Gasteiger partial charge is 0.287 e. The molecule has 0 N–H and O–H groups in total. The van der Waals surface area contributed by atoms with E-state index in [1.807, 2.05) is 37.3 Å². The predicted molar refractivity (Wildman–Crippen MR) is 66.5 cm³/mol. The normalized spacial score (nSPS) is 16.4. The standard InChI is InChI=1S/C11H16ClO3P/c1-3-10(15-16(2,12)13)9-14-11-7-5-4-6-8-11/h4-8,10H,3,9H2,1-2H3/t10-,16-/m1/s1. The van der Waals surface area contributed by atoms with Crippen molar-refractivity contribution in [3.63, 3.8) is 0 Å². The number of hydrogen-bond donors (Lipinski definition) is 0. The van der Waals surface area contributed by atoms with E-state index in [4.69, 9.17) is 20.5 Å². The first-order valence-electron chi connectivity index (χ1n) is 5.14. The molecule has 0 aliphatic heterocycles. The molecule has 0 bridgehead atoms. The monoisotopic (exact) mass is 262 g/mol. The topological polar surface area (TPSA) is 35.5 Å². The molecule has 2 atom stereocenters. The van der Waals surface area contributed by atoms with E-state index in [2.05, 4.69) is 0 Å². The molecular weight excluding hydrogens is 247 g/mol. The second kappa shape index (κ2) is 6.29. The van der Waals surface area contributed by atoms with Gasteiger partial charge in [-0.25, -0.2) is 0 Å². The first-order valence-corrected chi connectivity index (χ1v) is 8.12. The Balaban J connectivity index is 2.43. The van der Waals surface area contributed by atoms with Gasteiger partial charge in [0.15, 0.2) is 0 Å². The van der Waals surface area contributed by atoms with Crippen LogP contribution in [0.3, 0.4) is 0 Å².